The lowest BCUT2D eigenvalue weighted by atomic mass is 9.98. The number of carbonyl (C=O) groups excluding carboxylic acids is 1. The maximum absolute atomic E-state index is 12.7. The van der Waals surface area contributed by atoms with E-state index in [0.29, 0.717) is 6.07 Å². The number of halogens is 5. The first-order valence-corrected chi connectivity index (χ1v) is 4.74. The second-order valence-corrected chi connectivity index (χ2v) is 3.39. The van der Waals surface area contributed by atoms with E-state index in [2.05, 4.69) is 4.74 Å². The summed E-state index contributed by atoms with van der Waals surface area (Å²) in [5, 5.41) is 8.63. The molecule has 0 saturated heterocycles. The predicted molar refractivity (Wildman–Crippen MR) is 52.5 cm³/mol. The fourth-order valence-corrected chi connectivity index (χ4v) is 1.45. The van der Waals surface area contributed by atoms with Gasteiger partial charge >= 0.3 is 12.1 Å². The number of hydrogen-bond donors (Lipinski definition) is 0. The van der Waals surface area contributed by atoms with E-state index in [4.69, 9.17) is 5.26 Å². The number of benzene rings is 1. The molecule has 0 N–H and O–H groups in total. The lowest BCUT2D eigenvalue weighted by Crippen LogP contribution is -2.14. The fourth-order valence-electron chi connectivity index (χ4n) is 1.45. The van der Waals surface area contributed by atoms with E-state index in [1.165, 1.54) is 6.07 Å². The van der Waals surface area contributed by atoms with Crippen LogP contribution in [-0.2, 0) is 10.9 Å². The molecule has 0 amide bonds. The minimum atomic E-state index is -5.11. The normalized spacial score (nSPS) is 11.3. The first-order valence-electron chi connectivity index (χ1n) is 4.74. The molecule has 1 aromatic carbocycles. The van der Waals surface area contributed by atoms with Gasteiger partial charge in [0.05, 0.1) is 29.9 Å². The molecule has 19 heavy (non-hydrogen) atoms. The molecule has 0 spiro atoms. The minimum absolute atomic E-state index is 0.244. The maximum atomic E-state index is 12.7. The zero-order valence-corrected chi connectivity index (χ0v) is 9.39. The Morgan fingerprint density at radius 1 is 1.37 bits per heavy atom. The molecule has 0 saturated carbocycles. The molecule has 0 heterocycles. The van der Waals surface area contributed by atoms with Crippen LogP contribution in [0.2, 0.25) is 0 Å². The summed E-state index contributed by atoms with van der Waals surface area (Å²) in [5.41, 5.74) is -4.69. The molecule has 3 nitrogen and oxygen atoms in total. The first kappa shape index (κ1) is 14.9. The van der Waals surface area contributed by atoms with Crippen LogP contribution in [0, 0.1) is 11.3 Å². The number of alkyl halides is 5. The van der Waals surface area contributed by atoms with Crippen LogP contribution in [0.3, 0.4) is 0 Å². The molecular weight excluding hydrogens is 273 g/mol. The summed E-state index contributed by atoms with van der Waals surface area (Å²) in [6.45, 7) is 0. The molecule has 0 radical (unpaired) electrons. The molecule has 8 heteroatoms. The van der Waals surface area contributed by atoms with Crippen LogP contribution in [0.25, 0.3) is 0 Å². The largest absolute Gasteiger partial charge is 0.465 e. The topological polar surface area (TPSA) is 50.1 Å². The number of nitrogens with zero attached hydrogens (tertiary/aromatic N) is 1. The minimum Gasteiger partial charge on any atom is -0.465 e. The molecule has 0 atom stereocenters. The average molecular weight is 279 g/mol. The van der Waals surface area contributed by atoms with Gasteiger partial charge in [0.1, 0.15) is 0 Å². The molecule has 0 unspecified atom stereocenters. The quantitative estimate of drug-likeness (QED) is 0.616. The third-order valence-corrected chi connectivity index (χ3v) is 2.25. The molecule has 0 aliphatic carbocycles. The SMILES string of the molecule is COC(=O)c1cc(C#N)c(C(F)F)c(C(F)(F)F)c1. The van der Waals surface area contributed by atoms with Gasteiger partial charge in [-0.15, -0.1) is 0 Å². The van der Waals surface area contributed by atoms with Crippen molar-refractivity contribution in [2.45, 2.75) is 12.6 Å². The van der Waals surface area contributed by atoms with Crippen molar-refractivity contribution < 1.29 is 31.5 Å². The van der Waals surface area contributed by atoms with Crippen LogP contribution in [0.1, 0.15) is 33.5 Å². The summed E-state index contributed by atoms with van der Waals surface area (Å²) in [7, 11) is 0.919. The van der Waals surface area contributed by atoms with Crippen molar-refractivity contribution in [3.05, 3.63) is 34.4 Å². The van der Waals surface area contributed by atoms with Gasteiger partial charge in [0.15, 0.2) is 0 Å². The highest BCUT2D eigenvalue weighted by Crippen LogP contribution is 2.38. The van der Waals surface area contributed by atoms with Crippen LogP contribution in [0.4, 0.5) is 22.0 Å². The molecule has 0 aromatic heterocycles. The van der Waals surface area contributed by atoms with E-state index in [9.17, 15) is 26.7 Å². The number of ether oxygens (including phenoxy) is 1. The zero-order valence-electron chi connectivity index (χ0n) is 9.39. The van der Waals surface area contributed by atoms with Gasteiger partial charge in [0.2, 0.25) is 0 Å². The van der Waals surface area contributed by atoms with Crippen molar-refractivity contribution in [3.63, 3.8) is 0 Å². The van der Waals surface area contributed by atoms with Crippen molar-refractivity contribution in [2.75, 3.05) is 7.11 Å². The predicted octanol–water partition coefficient (Wildman–Crippen LogP) is 3.30. The summed E-state index contributed by atoms with van der Waals surface area (Å²) in [4.78, 5) is 11.2. The van der Waals surface area contributed by atoms with Crippen LogP contribution >= 0.6 is 0 Å². The van der Waals surface area contributed by atoms with Crippen LogP contribution < -0.4 is 0 Å². The standard InChI is InChI=1S/C11H6F5NO2/c1-19-10(18)5-2-6(4-17)8(9(12)13)7(3-5)11(14,15)16/h2-3,9H,1H3. The Kier molecular flexibility index (Phi) is 4.09. The van der Waals surface area contributed by atoms with Gasteiger partial charge in [0, 0.05) is 5.56 Å². The Labute approximate surface area is 104 Å². The lowest BCUT2D eigenvalue weighted by molar-refractivity contribution is -0.139. The van der Waals surface area contributed by atoms with Crippen molar-refractivity contribution >= 4 is 5.97 Å². The van der Waals surface area contributed by atoms with Gasteiger partial charge in [-0.1, -0.05) is 0 Å². The Morgan fingerprint density at radius 3 is 2.32 bits per heavy atom. The zero-order chi connectivity index (χ0) is 14.8. The van der Waals surface area contributed by atoms with Crippen LogP contribution in [0.15, 0.2) is 12.1 Å². The van der Waals surface area contributed by atoms with E-state index in [1.54, 1.807) is 0 Å². The second kappa shape index (κ2) is 5.22. The van der Waals surface area contributed by atoms with Gasteiger partial charge in [-0.05, 0) is 12.1 Å². The van der Waals surface area contributed by atoms with Gasteiger partial charge in [0.25, 0.3) is 6.43 Å². The highest BCUT2D eigenvalue weighted by Gasteiger charge is 2.38. The Balaban J connectivity index is 3.66. The smallest absolute Gasteiger partial charge is 0.416 e. The molecular formula is C11H6F5NO2. The van der Waals surface area contributed by atoms with Gasteiger partial charge < -0.3 is 4.74 Å². The highest BCUT2D eigenvalue weighted by molar-refractivity contribution is 5.90. The monoisotopic (exact) mass is 279 g/mol. The first-order chi connectivity index (χ1) is 8.72. The molecule has 0 aliphatic rings. The Bertz CT molecular complexity index is 545. The van der Waals surface area contributed by atoms with Crippen molar-refractivity contribution in [3.8, 4) is 6.07 Å². The van der Waals surface area contributed by atoms with Crippen LogP contribution in [0.5, 0.6) is 0 Å². The van der Waals surface area contributed by atoms with E-state index in [1.807, 2.05) is 0 Å². The second-order valence-electron chi connectivity index (χ2n) is 3.39. The molecule has 0 fully saturated rings. The number of carbonyl (C=O) groups is 1. The third kappa shape index (κ3) is 2.99. The summed E-state index contributed by atoms with van der Waals surface area (Å²) in [6.07, 6.45) is -8.60. The molecule has 0 aliphatic heterocycles. The number of rotatable bonds is 2. The summed E-state index contributed by atoms with van der Waals surface area (Å²) < 4.78 is 67.5. The maximum Gasteiger partial charge on any atom is 0.416 e. The number of methoxy groups -OCH3 is 1. The highest BCUT2D eigenvalue weighted by atomic mass is 19.4. The molecule has 102 valence electrons. The van der Waals surface area contributed by atoms with E-state index < -0.39 is 40.8 Å². The third-order valence-electron chi connectivity index (χ3n) is 2.25. The van der Waals surface area contributed by atoms with E-state index >= 15 is 0 Å². The summed E-state index contributed by atoms with van der Waals surface area (Å²) >= 11 is 0. The molecule has 1 aromatic rings. The molecule has 1 rings (SSSR count). The van der Waals surface area contributed by atoms with Gasteiger partial charge in [-0.2, -0.15) is 18.4 Å². The number of hydrogen-bond acceptors (Lipinski definition) is 3. The van der Waals surface area contributed by atoms with E-state index in [-0.39, 0.29) is 6.07 Å². The van der Waals surface area contributed by atoms with Crippen LogP contribution in [-0.4, -0.2) is 13.1 Å². The fraction of sp³-hybridized carbons (Fsp3) is 0.273. The van der Waals surface area contributed by atoms with E-state index in [0.717, 1.165) is 7.11 Å². The summed E-state index contributed by atoms with van der Waals surface area (Å²) in [6, 6.07) is 2.11. The van der Waals surface area contributed by atoms with Crippen molar-refractivity contribution in [1.82, 2.24) is 0 Å². The summed E-state index contributed by atoms with van der Waals surface area (Å²) in [5.74, 6) is -1.15. The van der Waals surface area contributed by atoms with Crippen molar-refractivity contribution in [2.24, 2.45) is 0 Å². The number of esters is 1. The molecule has 0 bridgehead atoms. The van der Waals surface area contributed by atoms with Gasteiger partial charge in [-0.3, -0.25) is 0 Å². The average Bonchev–Trinajstić information content (AvgIpc) is 2.34. The van der Waals surface area contributed by atoms with Gasteiger partial charge in [-0.25, -0.2) is 13.6 Å². The number of nitriles is 1. The lowest BCUT2D eigenvalue weighted by Gasteiger charge is -2.15. The Morgan fingerprint density at radius 2 is 1.95 bits per heavy atom. The Hall–Kier alpha value is -2.17. The van der Waals surface area contributed by atoms with Crippen molar-refractivity contribution in [1.29, 1.82) is 5.26 Å².